The van der Waals surface area contributed by atoms with Gasteiger partial charge in [0, 0.05) is 10.6 Å². The van der Waals surface area contributed by atoms with Crippen molar-refractivity contribution in [1.29, 1.82) is 0 Å². The smallest absolute Gasteiger partial charge is 0.123 e. The first-order valence-corrected chi connectivity index (χ1v) is 4.19. The van der Waals surface area contributed by atoms with Crippen LogP contribution in [0.3, 0.4) is 0 Å². The molecule has 0 aromatic heterocycles. The number of nitrogens with two attached hydrogens (primary N) is 1. The lowest BCUT2D eigenvalue weighted by Gasteiger charge is -2.08. The fourth-order valence-electron chi connectivity index (χ4n) is 1.12. The van der Waals surface area contributed by atoms with Gasteiger partial charge in [0.15, 0.2) is 0 Å². The Hall–Kier alpha value is -0.440. The highest BCUT2D eigenvalue weighted by molar-refractivity contribution is 6.31. The van der Waals surface area contributed by atoms with Crippen molar-refractivity contribution in [3.05, 3.63) is 28.8 Å². The van der Waals surface area contributed by atoms with E-state index in [1.165, 1.54) is 0 Å². The predicted octanol–water partition coefficient (Wildman–Crippen LogP) is 2.27. The molecule has 0 saturated heterocycles. The molecule has 2 nitrogen and oxygen atoms in total. The normalized spacial score (nSPS) is 9.15. The fourth-order valence-corrected chi connectivity index (χ4v) is 1.38. The van der Waals surface area contributed by atoms with Crippen LogP contribution in [0.5, 0.6) is 5.75 Å². The van der Waals surface area contributed by atoms with Crippen LogP contribution in [0.4, 0.5) is 0 Å². The molecule has 0 bridgehead atoms. The maximum Gasteiger partial charge on any atom is 0.123 e. The van der Waals surface area contributed by atoms with Gasteiger partial charge in [-0.25, -0.2) is 0 Å². The summed E-state index contributed by atoms with van der Waals surface area (Å²) in [6.07, 6.45) is 0.753. The van der Waals surface area contributed by atoms with E-state index in [9.17, 15) is 0 Å². The van der Waals surface area contributed by atoms with Crippen LogP contribution in [-0.2, 0) is 6.42 Å². The van der Waals surface area contributed by atoms with E-state index in [0.717, 1.165) is 22.8 Å². The summed E-state index contributed by atoms with van der Waals surface area (Å²) in [5.41, 5.74) is 6.43. The minimum absolute atomic E-state index is 0. The average molecular weight is 222 g/mol. The molecule has 1 aromatic rings. The number of rotatable bonds is 3. The van der Waals surface area contributed by atoms with Crippen molar-refractivity contribution in [2.45, 2.75) is 6.42 Å². The third-order valence-electron chi connectivity index (χ3n) is 1.69. The monoisotopic (exact) mass is 221 g/mol. The number of ether oxygens (including phenoxy) is 1. The third-order valence-corrected chi connectivity index (χ3v) is 2.04. The molecule has 74 valence electrons. The Balaban J connectivity index is 0.00000144. The van der Waals surface area contributed by atoms with Crippen LogP contribution in [0, 0.1) is 0 Å². The zero-order valence-corrected chi connectivity index (χ0v) is 8.99. The Kier molecular flexibility index (Phi) is 5.88. The Labute approximate surface area is 89.4 Å². The zero-order valence-electron chi connectivity index (χ0n) is 7.42. The molecule has 1 aromatic carbocycles. The second-order valence-corrected chi connectivity index (χ2v) is 2.87. The van der Waals surface area contributed by atoms with Crippen LogP contribution in [-0.4, -0.2) is 13.7 Å². The highest BCUT2D eigenvalue weighted by Crippen LogP contribution is 2.25. The molecular weight excluding hydrogens is 209 g/mol. The van der Waals surface area contributed by atoms with Crippen LogP contribution in [0.2, 0.25) is 5.02 Å². The lowest BCUT2D eigenvalue weighted by atomic mass is 10.1. The van der Waals surface area contributed by atoms with Crippen molar-refractivity contribution < 1.29 is 4.74 Å². The number of hydrogen-bond donors (Lipinski definition) is 1. The molecule has 0 fully saturated rings. The first kappa shape index (κ1) is 12.6. The van der Waals surface area contributed by atoms with Gasteiger partial charge < -0.3 is 10.5 Å². The van der Waals surface area contributed by atoms with Crippen molar-refractivity contribution in [2.24, 2.45) is 5.73 Å². The molecule has 4 heteroatoms. The molecule has 1 rings (SSSR count). The summed E-state index contributed by atoms with van der Waals surface area (Å²) >= 11 is 5.95. The largest absolute Gasteiger partial charge is 0.496 e. The molecule has 0 aliphatic rings. The van der Waals surface area contributed by atoms with Crippen molar-refractivity contribution in [2.75, 3.05) is 13.7 Å². The minimum atomic E-state index is 0. The molecule has 0 atom stereocenters. The maximum atomic E-state index is 5.95. The summed E-state index contributed by atoms with van der Waals surface area (Å²) in [6.45, 7) is 0.583. The molecule has 0 unspecified atom stereocenters. The Morgan fingerprint density at radius 1 is 1.46 bits per heavy atom. The van der Waals surface area contributed by atoms with E-state index in [1.54, 1.807) is 7.11 Å². The molecule has 0 radical (unpaired) electrons. The lowest BCUT2D eigenvalue weighted by molar-refractivity contribution is 0.410. The molecular formula is C9H13Cl2NO. The van der Waals surface area contributed by atoms with E-state index in [4.69, 9.17) is 22.1 Å². The molecule has 0 amide bonds. The van der Waals surface area contributed by atoms with Gasteiger partial charge >= 0.3 is 0 Å². The van der Waals surface area contributed by atoms with E-state index in [0.29, 0.717) is 6.54 Å². The van der Waals surface area contributed by atoms with Crippen LogP contribution in [0.1, 0.15) is 5.56 Å². The van der Waals surface area contributed by atoms with E-state index >= 15 is 0 Å². The minimum Gasteiger partial charge on any atom is -0.496 e. The van der Waals surface area contributed by atoms with Crippen LogP contribution < -0.4 is 10.5 Å². The highest BCUT2D eigenvalue weighted by Gasteiger charge is 2.05. The summed E-state index contributed by atoms with van der Waals surface area (Å²) in [4.78, 5) is 0. The Bertz CT molecular complexity index is 266. The van der Waals surface area contributed by atoms with E-state index in [1.807, 2.05) is 18.2 Å². The van der Waals surface area contributed by atoms with E-state index in [2.05, 4.69) is 0 Å². The molecule has 0 spiro atoms. The molecule has 2 N–H and O–H groups in total. The molecule has 13 heavy (non-hydrogen) atoms. The van der Waals surface area contributed by atoms with E-state index in [-0.39, 0.29) is 12.4 Å². The average Bonchev–Trinajstić information content (AvgIpc) is 2.09. The molecule has 0 heterocycles. The maximum absolute atomic E-state index is 5.95. The SMILES string of the molecule is COc1cccc(Cl)c1CCN.Cl. The van der Waals surface area contributed by atoms with Gasteiger partial charge in [-0.2, -0.15) is 0 Å². The second kappa shape index (κ2) is 6.08. The van der Waals surface area contributed by atoms with Gasteiger partial charge in [0.2, 0.25) is 0 Å². The van der Waals surface area contributed by atoms with Gasteiger partial charge in [-0.3, -0.25) is 0 Å². The van der Waals surface area contributed by atoms with Crippen LogP contribution in [0.15, 0.2) is 18.2 Å². The zero-order chi connectivity index (χ0) is 8.97. The standard InChI is InChI=1S/C9H12ClNO.ClH/c1-12-9-4-2-3-8(10)7(9)5-6-11;/h2-4H,5-6,11H2,1H3;1H. The predicted molar refractivity (Wildman–Crippen MR) is 58.0 cm³/mol. The van der Waals surface area contributed by atoms with Crippen molar-refractivity contribution in [3.8, 4) is 5.75 Å². The summed E-state index contributed by atoms with van der Waals surface area (Å²) in [5.74, 6) is 0.813. The van der Waals surface area contributed by atoms with Gasteiger partial charge in [0.05, 0.1) is 7.11 Å². The van der Waals surface area contributed by atoms with Crippen molar-refractivity contribution >= 4 is 24.0 Å². The summed E-state index contributed by atoms with van der Waals surface area (Å²) in [5, 5.41) is 0.722. The topological polar surface area (TPSA) is 35.2 Å². The highest BCUT2D eigenvalue weighted by atomic mass is 35.5. The second-order valence-electron chi connectivity index (χ2n) is 2.46. The first-order valence-electron chi connectivity index (χ1n) is 3.81. The summed E-state index contributed by atoms with van der Waals surface area (Å²) in [6, 6.07) is 5.59. The quantitative estimate of drug-likeness (QED) is 0.851. The molecule has 0 aliphatic carbocycles. The van der Waals surface area contributed by atoms with Gasteiger partial charge in [-0.15, -0.1) is 12.4 Å². The van der Waals surface area contributed by atoms with Gasteiger partial charge in [-0.05, 0) is 25.1 Å². The third kappa shape index (κ3) is 3.07. The van der Waals surface area contributed by atoms with Crippen LogP contribution in [0.25, 0.3) is 0 Å². The number of halogens is 2. The van der Waals surface area contributed by atoms with Gasteiger partial charge in [-0.1, -0.05) is 17.7 Å². The fraction of sp³-hybridized carbons (Fsp3) is 0.333. The Morgan fingerprint density at radius 3 is 2.69 bits per heavy atom. The lowest BCUT2D eigenvalue weighted by Crippen LogP contribution is -2.04. The number of benzene rings is 1. The summed E-state index contributed by atoms with van der Waals surface area (Å²) < 4.78 is 5.14. The summed E-state index contributed by atoms with van der Waals surface area (Å²) in [7, 11) is 1.63. The van der Waals surface area contributed by atoms with Gasteiger partial charge in [0.1, 0.15) is 5.75 Å². The van der Waals surface area contributed by atoms with Crippen molar-refractivity contribution in [3.63, 3.8) is 0 Å². The molecule has 0 saturated carbocycles. The molecule has 0 aliphatic heterocycles. The number of hydrogen-bond acceptors (Lipinski definition) is 2. The van der Waals surface area contributed by atoms with Crippen LogP contribution >= 0.6 is 24.0 Å². The van der Waals surface area contributed by atoms with E-state index < -0.39 is 0 Å². The first-order chi connectivity index (χ1) is 5.79. The van der Waals surface area contributed by atoms with Crippen molar-refractivity contribution in [1.82, 2.24) is 0 Å². The Morgan fingerprint density at radius 2 is 2.15 bits per heavy atom. The van der Waals surface area contributed by atoms with Gasteiger partial charge in [0.25, 0.3) is 0 Å². The number of methoxy groups -OCH3 is 1.